The molecule has 2 N–H and O–H groups in total. The highest BCUT2D eigenvalue weighted by Gasteiger charge is 2.19. The molecular formula is C13H19NO2. The van der Waals surface area contributed by atoms with Crippen molar-refractivity contribution in [1.82, 2.24) is 0 Å². The molecule has 1 unspecified atom stereocenters. The van der Waals surface area contributed by atoms with Crippen LogP contribution in [0, 0.1) is 20.8 Å². The number of carbonyl (C=O) groups excluding carboxylic acids is 1. The van der Waals surface area contributed by atoms with E-state index in [1.54, 1.807) is 7.11 Å². The van der Waals surface area contributed by atoms with E-state index in [9.17, 15) is 4.79 Å². The molecule has 0 aliphatic rings. The van der Waals surface area contributed by atoms with Crippen molar-refractivity contribution in [1.29, 1.82) is 0 Å². The lowest BCUT2D eigenvalue weighted by atomic mass is 9.91. The van der Waals surface area contributed by atoms with Crippen molar-refractivity contribution >= 4 is 5.78 Å². The van der Waals surface area contributed by atoms with Gasteiger partial charge in [-0.3, -0.25) is 4.79 Å². The summed E-state index contributed by atoms with van der Waals surface area (Å²) in [7, 11) is 1.64. The Balaban J connectivity index is 3.41. The number of benzene rings is 1. The van der Waals surface area contributed by atoms with Crippen LogP contribution in [0.15, 0.2) is 6.07 Å². The SMILES string of the molecule is COc1cc(C)c(C(N)C(C)=O)c(C)c1C. The number of carbonyl (C=O) groups is 1. The number of ether oxygens (including phenoxy) is 1. The van der Waals surface area contributed by atoms with Crippen LogP contribution in [0.4, 0.5) is 0 Å². The van der Waals surface area contributed by atoms with Gasteiger partial charge in [-0.1, -0.05) is 0 Å². The second-order valence-corrected chi connectivity index (χ2v) is 4.15. The van der Waals surface area contributed by atoms with Gasteiger partial charge in [-0.2, -0.15) is 0 Å². The van der Waals surface area contributed by atoms with Gasteiger partial charge >= 0.3 is 0 Å². The Labute approximate surface area is 96.6 Å². The van der Waals surface area contributed by atoms with E-state index in [0.717, 1.165) is 28.0 Å². The van der Waals surface area contributed by atoms with Gasteiger partial charge in [0.15, 0.2) is 5.78 Å². The lowest BCUT2D eigenvalue weighted by Crippen LogP contribution is -2.21. The van der Waals surface area contributed by atoms with Gasteiger partial charge in [0.2, 0.25) is 0 Å². The maximum atomic E-state index is 11.4. The largest absolute Gasteiger partial charge is 0.496 e. The zero-order chi connectivity index (χ0) is 12.5. The highest BCUT2D eigenvalue weighted by Crippen LogP contribution is 2.30. The van der Waals surface area contributed by atoms with Gasteiger partial charge in [-0.05, 0) is 56.0 Å². The van der Waals surface area contributed by atoms with Crippen molar-refractivity contribution < 1.29 is 9.53 Å². The molecule has 0 aliphatic heterocycles. The zero-order valence-electron chi connectivity index (χ0n) is 10.5. The van der Waals surface area contributed by atoms with E-state index in [-0.39, 0.29) is 5.78 Å². The summed E-state index contributed by atoms with van der Waals surface area (Å²) in [6.07, 6.45) is 0. The molecule has 0 aromatic heterocycles. The molecule has 0 amide bonds. The molecule has 88 valence electrons. The number of ketones is 1. The zero-order valence-corrected chi connectivity index (χ0v) is 10.5. The Morgan fingerprint density at radius 3 is 2.31 bits per heavy atom. The van der Waals surface area contributed by atoms with Gasteiger partial charge < -0.3 is 10.5 Å². The second kappa shape index (κ2) is 4.66. The molecule has 16 heavy (non-hydrogen) atoms. The third-order valence-corrected chi connectivity index (χ3v) is 3.08. The monoisotopic (exact) mass is 221 g/mol. The molecule has 1 rings (SSSR count). The standard InChI is InChI=1S/C13H19NO2/c1-7-6-11(16-5)8(2)9(3)12(7)13(14)10(4)15/h6,13H,14H2,1-5H3. The third-order valence-electron chi connectivity index (χ3n) is 3.08. The number of methoxy groups -OCH3 is 1. The molecule has 0 fully saturated rings. The van der Waals surface area contributed by atoms with Crippen LogP contribution < -0.4 is 10.5 Å². The van der Waals surface area contributed by atoms with Gasteiger partial charge in [0, 0.05) is 0 Å². The van der Waals surface area contributed by atoms with E-state index < -0.39 is 6.04 Å². The third kappa shape index (κ3) is 2.09. The highest BCUT2D eigenvalue weighted by molar-refractivity contribution is 5.83. The van der Waals surface area contributed by atoms with Gasteiger partial charge in [0.25, 0.3) is 0 Å². The summed E-state index contributed by atoms with van der Waals surface area (Å²) in [5.41, 5.74) is 9.92. The maximum Gasteiger partial charge on any atom is 0.151 e. The minimum Gasteiger partial charge on any atom is -0.496 e. The molecule has 0 bridgehead atoms. The topological polar surface area (TPSA) is 52.3 Å². The number of Topliss-reactive ketones (excluding diaryl/α,β-unsaturated/α-hetero) is 1. The van der Waals surface area contributed by atoms with Crippen LogP contribution >= 0.6 is 0 Å². The first-order valence-corrected chi connectivity index (χ1v) is 5.30. The smallest absolute Gasteiger partial charge is 0.151 e. The molecule has 1 aromatic rings. The number of hydrogen-bond acceptors (Lipinski definition) is 3. The van der Waals surface area contributed by atoms with E-state index in [1.807, 2.05) is 26.8 Å². The summed E-state index contributed by atoms with van der Waals surface area (Å²) in [6, 6.07) is 1.39. The second-order valence-electron chi connectivity index (χ2n) is 4.15. The molecule has 1 aromatic carbocycles. The fraction of sp³-hybridized carbons (Fsp3) is 0.462. The molecule has 0 saturated carbocycles. The average Bonchev–Trinajstić information content (AvgIpc) is 2.23. The lowest BCUT2D eigenvalue weighted by Gasteiger charge is -2.19. The number of aryl methyl sites for hydroxylation is 1. The van der Waals surface area contributed by atoms with Crippen LogP contribution in [-0.2, 0) is 4.79 Å². The minimum atomic E-state index is -0.537. The average molecular weight is 221 g/mol. The van der Waals surface area contributed by atoms with Crippen molar-refractivity contribution in [3.63, 3.8) is 0 Å². The van der Waals surface area contributed by atoms with Crippen LogP contribution in [0.2, 0.25) is 0 Å². The van der Waals surface area contributed by atoms with Crippen LogP contribution in [0.1, 0.15) is 35.2 Å². The molecule has 1 atom stereocenters. The van der Waals surface area contributed by atoms with Crippen molar-refractivity contribution in [3.05, 3.63) is 28.3 Å². The maximum absolute atomic E-state index is 11.4. The normalized spacial score (nSPS) is 12.4. The van der Waals surface area contributed by atoms with E-state index in [1.165, 1.54) is 6.92 Å². The van der Waals surface area contributed by atoms with E-state index in [0.29, 0.717) is 0 Å². The summed E-state index contributed by atoms with van der Waals surface area (Å²) in [5.74, 6) is 0.824. The minimum absolute atomic E-state index is 0.0178. The molecule has 3 nitrogen and oxygen atoms in total. The van der Waals surface area contributed by atoms with Crippen LogP contribution in [0.5, 0.6) is 5.75 Å². The van der Waals surface area contributed by atoms with Gasteiger partial charge in [-0.15, -0.1) is 0 Å². The van der Waals surface area contributed by atoms with Crippen molar-refractivity contribution in [2.45, 2.75) is 33.7 Å². The lowest BCUT2D eigenvalue weighted by molar-refractivity contribution is -0.118. The highest BCUT2D eigenvalue weighted by atomic mass is 16.5. The fourth-order valence-electron chi connectivity index (χ4n) is 1.96. The molecule has 0 saturated heterocycles. The van der Waals surface area contributed by atoms with Crippen LogP contribution in [-0.4, -0.2) is 12.9 Å². The number of hydrogen-bond donors (Lipinski definition) is 1. The molecule has 0 aliphatic carbocycles. The summed E-state index contributed by atoms with van der Waals surface area (Å²) in [5, 5.41) is 0. The van der Waals surface area contributed by atoms with Crippen molar-refractivity contribution in [3.8, 4) is 5.75 Å². The Bertz CT molecular complexity index is 424. The predicted molar refractivity (Wildman–Crippen MR) is 64.8 cm³/mol. The van der Waals surface area contributed by atoms with Crippen molar-refractivity contribution in [2.24, 2.45) is 5.73 Å². The van der Waals surface area contributed by atoms with E-state index in [2.05, 4.69) is 0 Å². The Kier molecular flexibility index (Phi) is 3.70. The summed E-state index contributed by atoms with van der Waals surface area (Å²) in [6.45, 7) is 7.42. The number of rotatable bonds is 3. The first-order valence-electron chi connectivity index (χ1n) is 5.30. The Morgan fingerprint density at radius 1 is 1.31 bits per heavy atom. The molecule has 0 radical (unpaired) electrons. The Hall–Kier alpha value is -1.35. The molecule has 0 spiro atoms. The number of nitrogens with two attached hydrogens (primary N) is 1. The first-order chi connectivity index (χ1) is 7.40. The summed E-state index contributed by atoms with van der Waals surface area (Å²) < 4.78 is 5.28. The predicted octanol–water partition coefficient (Wildman–Crippen LogP) is 2.21. The fourth-order valence-corrected chi connectivity index (χ4v) is 1.96. The van der Waals surface area contributed by atoms with Gasteiger partial charge in [0.05, 0.1) is 13.2 Å². The molecule has 3 heteroatoms. The van der Waals surface area contributed by atoms with E-state index >= 15 is 0 Å². The molecule has 0 heterocycles. The van der Waals surface area contributed by atoms with E-state index in [4.69, 9.17) is 10.5 Å². The quantitative estimate of drug-likeness (QED) is 0.851. The Morgan fingerprint density at radius 2 is 1.88 bits per heavy atom. The molecular weight excluding hydrogens is 202 g/mol. The van der Waals surface area contributed by atoms with Crippen LogP contribution in [0.3, 0.4) is 0 Å². The van der Waals surface area contributed by atoms with Gasteiger partial charge in [0.1, 0.15) is 5.75 Å². The van der Waals surface area contributed by atoms with Crippen LogP contribution in [0.25, 0.3) is 0 Å². The van der Waals surface area contributed by atoms with Gasteiger partial charge in [-0.25, -0.2) is 0 Å². The van der Waals surface area contributed by atoms with Crippen molar-refractivity contribution in [2.75, 3.05) is 7.11 Å². The summed E-state index contributed by atoms with van der Waals surface area (Å²) in [4.78, 5) is 11.4. The first kappa shape index (κ1) is 12.7. The summed E-state index contributed by atoms with van der Waals surface area (Å²) >= 11 is 0.